The molecule has 3 N–H and O–H groups in total. The lowest BCUT2D eigenvalue weighted by Crippen LogP contribution is -2.48. The fourth-order valence-corrected chi connectivity index (χ4v) is 4.10. The third-order valence-electron chi connectivity index (χ3n) is 4.82. The zero-order valence-corrected chi connectivity index (χ0v) is 20.3. The van der Waals surface area contributed by atoms with Gasteiger partial charge >= 0.3 is 0 Å². The van der Waals surface area contributed by atoms with Crippen LogP contribution >= 0.6 is 35.3 Å². The molecule has 6 nitrogen and oxygen atoms in total. The van der Waals surface area contributed by atoms with E-state index >= 15 is 0 Å². The van der Waals surface area contributed by atoms with Crippen LogP contribution in [0.15, 0.2) is 46.9 Å². The van der Waals surface area contributed by atoms with Crippen LogP contribution in [-0.4, -0.2) is 49.7 Å². The third kappa shape index (κ3) is 8.38. The van der Waals surface area contributed by atoms with Crippen molar-refractivity contribution in [2.75, 3.05) is 42.9 Å². The predicted octanol–water partition coefficient (Wildman–Crippen LogP) is 4.18. The number of hydrogen-bond acceptors (Lipinski definition) is 5. The lowest BCUT2D eigenvalue weighted by Gasteiger charge is -2.33. The topological polar surface area (TPSA) is 64.6 Å². The van der Waals surface area contributed by atoms with Crippen molar-refractivity contribution in [3.63, 3.8) is 0 Å². The molecule has 0 saturated carbocycles. The van der Waals surface area contributed by atoms with Gasteiger partial charge in [0.25, 0.3) is 0 Å². The fourth-order valence-electron chi connectivity index (χ4n) is 3.32. The van der Waals surface area contributed by atoms with Crippen molar-refractivity contribution in [1.82, 2.24) is 15.6 Å². The van der Waals surface area contributed by atoms with Gasteiger partial charge in [0, 0.05) is 45.0 Å². The molecule has 0 aromatic carbocycles. The number of pyridine rings is 1. The molecule has 0 bridgehead atoms. The van der Waals surface area contributed by atoms with Crippen molar-refractivity contribution in [3.8, 4) is 0 Å². The average molecular weight is 529 g/mol. The highest BCUT2D eigenvalue weighted by Gasteiger charge is 2.20. The molecule has 0 amide bonds. The summed E-state index contributed by atoms with van der Waals surface area (Å²) in [6.45, 7) is 6.99. The predicted molar refractivity (Wildman–Crippen MR) is 136 cm³/mol. The largest absolute Gasteiger partial charge is 0.370 e. The normalized spacial score (nSPS) is 14.9. The SMILES string of the molecule is CCNC(=NCCCCNc1ccccn1)NC1CCN(c2cccs2)CC1.I. The van der Waals surface area contributed by atoms with Gasteiger partial charge in [-0.1, -0.05) is 6.07 Å². The van der Waals surface area contributed by atoms with Crippen LogP contribution in [0.3, 0.4) is 0 Å². The molecule has 0 radical (unpaired) electrons. The average Bonchev–Trinajstić information content (AvgIpc) is 3.27. The van der Waals surface area contributed by atoms with E-state index in [0.717, 1.165) is 70.2 Å². The maximum absolute atomic E-state index is 4.76. The van der Waals surface area contributed by atoms with Crippen molar-refractivity contribution in [2.45, 2.75) is 38.6 Å². The first-order valence-electron chi connectivity index (χ1n) is 10.3. The summed E-state index contributed by atoms with van der Waals surface area (Å²) in [6, 6.07) is 10.8. The third-order valence-corrected chi connectivity index (χ3v) is 5.75. The van der Waals surface area contributed by atoms with Gasteiger partial charge in [-0.15, -0.1) is 35.3 Å². The molecule has 1 fully saturated rings. The van der Waals surface area contributed by atoms with Gasteiger partial charge in [-0.2, -0.15) is 0 Å². The number of nitrogens with one attached hydrogen (secondary N) is 3. The molecular formula is C21H33IN6S. The molecular weight excluding hydrogens is 495 g/mol. The van der Waals surface area contributed by atoms with E-state index in [4.69, 9.17) is 4.99 Å². The highest BCUT2D eigenvalue weighted by atomic mass is 127. The number of aliphatic imine (C=N–C) groups is 1. The van der Waals surface area contributed by atoms with Crippen molar-refractivity contribution in [3.05, 3.63) is 41.9 Å². The minimum atomic E-state index is 0. The number of anilines is 2. The van der Waals surface area contributed by atoms with E-state index in [0.29, 0.717) is 6.04 Å². The highest BCUT2D eigenvalue weighted by Crippen LogP contribution is 2.24. The number of halogens is 1. The van der Waals surface area contributed by atoms with Crippen molar-refractivity contribution >= 4 is 52.1 Å². The van der Waals surface area contributed by atoms with E-state index in [-0.39, 0.29) is 24.0 Å². The lowest BCUT2D eigenvalue weighted by molar-refractivity contribution is 0.462. The zero-order chi connectivity index (χ0) is 19.4. The second kappa shape index (κ2) is 13.6. The number of unbranched alkanes of at least 4 members (excludes halogenated alkanes) is 1. The monoisotopic (exact) mass is 528 g/mol. The molecule has 3 rings (SSSR count). The second-order valence-corrected chi connectivity index (χ2v) is 7.89. The Bertz CT molecular complexity index is 686. The summed E-state index contributed by atoms with van der Waals surface area (Å²) >= 11 is 1.83. The van der Waals surface area contributed by atoms with Crippen molar-refractivity contribution < 1.29 is 0 Å². The van der Waals surface area contributed by atoms with Gasteiger partial charge in [-0.25, -0.2) is 4.98 Å². The van der Waals surface area contributed by atoms with Crippen LogP contribution in [0.1, 0.15) is 32.6 Å². The first-order chi connectivity index (χ1) is 13.8. The first-order valence-corrected chi connectivity index (χ1v) is 11.2. The van der Waals surface area contributed by atoms with Crippen molar-refractivity contribution in [2.24, 2.45) is 4.99 Å². The van der Waals surface area contributed by atoms with Crippen LogP contribution in [0.2, 0.25) is 0 Å². The van der Waals surface area contributed by atoms with E-state index in [1.165, 1.54) is 5.00 Å². The summed E-state index contributed by atoms with van der Waals surface area (Å²) in [5, 5.41) is 13.9. The van der Waals surface area contributed by atoms with Gasteiger partial charge in [0.2, 0.25) is 0 Å². The Morgan fingerprint density at radius 3 is 2.76 bits per heavy atom. The minimum Gasteiger partial charge on any atom is -0.370 e. The summed E-state index contributed by atoms with van der Waals surface area (Å²) in [5.74, 6) is 1.89. The molecule has 0 spiro atoms. The van der Waals surface area contributed by atoms with Gasteiger partial charge in [0.1, 0.15) is 5.82 Å². The van der Waals surface area contributed by atoms with Crippen LogP contribution < -0.4 is 20.9 Å². The van der Waals surface area contributed by atoms with Crippen LogP contribution in [-0.2, 0) is 0 Å². The number of rotatable bonds is 9. The number of nitrogens with zero attached hydrogens (tertiary/aromatic N) is 3. The standard InChI is InChI=1S/C21H32N6S.HI/c1-2-22-21(25-14-6-5-13-24-19-8-3-4-12-23-19)26-18-10-15-27(16-11-18)20-9-7-17-28-20;/h3-4,7-9,12,17-18H,2,5-6,10-11,13-16H2,1H3,(H,23,24)(H2,22,25,26);1H. The molecule has 0 atom stereocenters. The minimum absolute atomic E-state index is 0. The summed E-state index contributed by atoms with van der Waals surface area (Å²) < 4.78 is 0. The molecule has 1 saturated heterocycles. The first kappa shape index (κ1) is 23.7. The molecule has 1 aliphatic rings. The molecule has 160 valence electrons. The maximum Gasteiger partial charge on any atom is 0.191 e. The molecule has 0 aliphatic carbocycles. The molecule has 8 heteroatoms. The number of thiophene rings is 1. The number of aromatic nitrogens is 1. The van der Waals surface area contributed by atoms with E-state index in [1.807, 2.05) is 35.7 Å². The summed E-state index contributed by atoms with van der Waals surface area (Å²) in [5.41, 5.74) is 0. The van der Waals surface area contributed by atoms with Gasteiger partial charge < -0.3 is 20.9 Å². The summed E-state index contributed by atoms with van der Waals surface area (Å²) in [6.07, 6.45) is 6.25. The van der Waals surface area contributed by atoms with Crippen LogP contribution in [0.25, 0.3) is 0 Å². The van der Waals surface area contributed by atoms with E-state index < -0.39 is 0 Å². The molecule has 29 heavy (non-hydrogen) atoms. The Balaban J connectivity index is 0.00000300. The number of guanidine groups is 1. The lowest BCUT2D eigenvalue weighted by atomic mass is 10.1. The Hall–Kier alpha value is -1.55. The molecule has 1 aliphatic heterocycles. The Kier molecular flexibility index (Phi) is 11.2. The van der Waals surface area contributed by atoms with Gasteiger partial charge in [-0.3, -0.25) is 4.99 Å². The van der Waals surface area contributed by atoms with Crippen LogP contribution in [0.4, 0.5) is 10.8 Å². The quantitative estimate of drug-likeness (QED) is 0.197. The molecule has 2 aromatic rings. The summed E-state index contributed by atoms with van der Waals surface area (Å²) in [4.78, 5) is 11.5. The zero-order valence-electron chi connectivity index (χ0n) is 17.1. The van der Waals surface area contributed by atoms with Crippen LogP contribution in [0, 0.1) is 0 Å². The molecule has 3 heterocycles. The van der Waals surface area contributed by atoms with Gasteiger partial charge in [-0.05, 0) is 62.3 Å². The maximum atomic E-state index is 4.76. The second-order valence-electron chi connectivity index (χ2n) is 6.97. The van der Waals surface area contributed by atoms with E-state index in [1.54, 1.807) is 0 Å². The smallest absolute Gasteiger partial charge is 0.191 e. The number of piperidine rings is 1. The highest BCUT2D eigenvalue weighted by molar-refractivity contribution is 14.0. The fraction of sp³-hybridized carbons (Fsp3) is 0.524. The molecule has 2 aromatic heterocycles. The summed E-state index contributed by atoms with van der Waals surface area (Å²) in [7, 11) is 0. The van der Waals surface area contributed by atoms with E-state index in [9.17, 15) is 0 Å². The van der Waals surface area contributed by atoms with Crippen molar-refractivity contribution in [1.29, 1.82) is 0 Å². The van der Waals surface area contributed by atoms with Crippen LogP contribution in [0.5, 0.6) is 0 Å². The van der Waals surface area contributed by atoms with Gasteiger partial charge in [0.15, 0.2) is 5.96 Å². The number of hydrogen-bond donors (Lipinski definition) is 3. The van der Waals surface area contributed by atoms with E-state index in [2.05, 4.69) is 50.3 Å². The van der Waals surface area contributed by atoms with Gasteiger partial charge in [0.05, 0.1) is 5.00 Å². The Morgan fingerprint density at radius 2 is 2.07 bits per heavy atom. The molecule has 0 unspecified atom stereocenters. The Morgan fingerprint density at radius 1 is 1.21 bits per heavy atom. The Labute approximate surface area is 195 Å².